The number of hydrogen-bond acceptors (Lipinski definition) is 7. The van der Waals surface area contributed by atoms with E-state index in [1.54, 1.807) is 0 Å². The van der Waals surface area contributed by atoms with Gasteiger partial charge in [0.05, 0.1) is 26.3 Å². The Balaban J connectivity index is 1.40. The van der Waals surface area contributed by atoms with Crippen LogP contribution in [0.3, 0.4) is 0 Å². The third kappa shape index (κ3) is 4.49. The van der Waals surface area contributed by atoms with Crippen molar-refractivity contribution in [1.29, 1.82) is 0 Å². The largest absolute Gasteiger partial charge is 0.424 e. The van der Waals surface area contributed by atoms with E-state index in [9.17, 15) is 4.79 Å². The highest BCUT2D eigenvalue weighted by Crippen LogP contribution is 2.09. The summed E-state index contributed by atoms with van der Waals surface area (Å²) in [5.41, 5.74) is 0. The van der Waals surface area contributed by atoms with Crippen molar-refractivity contribution in [3.63, 3.8) is 0 Å². The maximum atomic E-state index is 12.3. The van der Waals surface area contributed by atoms with Gasteiger partial charge in [0, 0.05) is 45.7 Å². The molecule has 3 rings (SSSR count). The predicted molar refractivity (Wildman–Crippen MR) is 82.8 cm³/mol. The molecule has 0 bridgehead atoms. The molecule has 8 nitrogen and oxygen atoms in total. The van der Waals surface area contributed by atoms with Crippen molar-refractivity contribution in [3.8, 4) is 0 Å². The Labute approximate surface area is 136 Å². The zero-order chi connectivity index (χ0) is 16.1. The Hall–Kier alpha value is -1.51. The highest BCUT2D eigenvalue weighted by Gasteiger charge is 2.23. The molecule has 3 heterocycles. The molecule has 2 saturated heterocycles. The first-order chi connectivity index (χ1) is 11.2. The first kappa shape index (κ1) is 16.4. The smallest absolute Gasteiger partial charge is 0.236 e. The molecule has 0 atom stereocenters. The zero-order valence-electron chi connectivity index (χ0n) is 13.7. The van der Waals surface area contributed by atoms with E-state index in [1.807, 2.05) is 11.8 Å². The van der Waals surface area contributed by atoms with Crippen molar-refractivity contribution < 1.29 is 13.9 Å². The third-order valence-corrected chi connectivity index (χ3v) is 4.36. The number of aryl methyl sites for hydroxylation is 1. The number of piperazine rings is 1. The number of ether oxygens (including phenoxy) is 1. The van der Waals surface area contributed by atoms with Crippen LogP contribution < -0.4 is 0 Å². The van der Waals surface area contributed by atoms with Crippen molar-refractivity contribution in [2.45, 2.75) is 19.9 Å². The van der Waals surface area contributed by atoms with Crippen LogP contribution in [0.15, 0.2) is 4.42 Å². The van der Waals surface area contributed by atoms with Crippen LogP contribution in [0.25, 0.3) is 0 Å². The van der Waals surface area contributed by atoms with E-state index >= 15 is 0 Å². The van der Waals surface area contributed by atoms with Gasteiger partial charge in [-0.25, -0.2) is 0 Å². The summed E-state index contributed by atoms with van der Waals surface area (Å²) in [6, 6.07) is 0. The maximum Gasteiger partial charge on any atom is 0.236 e. The Kier molecular flexibility index (Phi) is 5.58. The second-order valence-electron chi connectivity index (χ2n) is 5.99. The lowest BCUT2D eigenvalue weighted by molar-refractivity contribution is -0.136. The van der Waals surface area contributed by atoms with Gasteiger partial charge in [0.1, 0.15) is 0 Å². The number of rotatable bonds is 5. The Bertz CT molecular complexity index is 507. The van der Waals surface area contributed by atoms with Gasteiger partial charge in [-0.3, -0.25) is 14.6 Å². The lowest BCUT2D eigenvalue weighted by atomic mass is 10.3. The van der Waals surface area contributed by atoms with Crippen LogP contribution in [0.1, 0.15) is 18.7 Å². The lowest BCUT2D eigenvalue weighted by Crippen LogP contribution is -2.51. The molecule has 0 radical (unpaired) electrons. The molecule has 8 heteroatoms. The van der Waals surface area contributed by atoms with E-state index in [-0.39, 0.29) is 5.91 Å². The van der Waals surface area contributed by atoms with E-state index in [4.69, 9.17) is 9.15 Å². The number of carbonyl (C=O) groups is 1. The summed E-state index contributed by atoms with van der Waals surface area (Å²) in [7, 11) is 0. The lowest BCUT2D eigenvalue weighted by Gasteiger charge is -2.35. The zero-order valence-corrected chi connectivity index (χ0v) is 13.7. The van der Waals surface area contributed by atoms with Crippen molar-refractivity contribution >= 4 is 5.91 Å². The quantitative estimate of drug-likeness (QED) is 0.730. The number of hydrogen-bond donors (Lipinski definition) is 0. The van der Waals surface area contributed by atoms with Crippen LogP contribution in [-0.2, 0) is 22.5 Å². The summed E-state index contributed by atoms with van der Waals surface area (Å²) in [6.45, 7) is 9.57. The molecular weight excluding hydrogens is 298 g/mol. The minimum absolute atomic E-state index is 0.214. The first-order valence-corrected chi connectivity index (χ1v) is 8.36. The molecule has 1 aromatic heterocycles. The second kappa shape index (κ2) is 7.85. The van der Waals surface area contributed by atoms with Gasteiger partial charge in [-0.15, -0.1) is 10.2 Å². The SMILES string of the molecule is CCc1nnc(CN2CCN(CC(=O)N3CCOCC3)CC2)o1. The van der Waals surface area contributed by atoms with Crippen molar-refractivity contribution in [2.24, 2.45) is 0 Å². The molecule has 0 spiro atoms. The predicted octanol–water partition coefficient (Wildman–Crippen LogP) is -0.392. The molecule has 128 valence electrons. The van der Waals surface area contributed by atoms with Crippen LogP contribution in [0.5, 0.6) is 0 Å². The number of nitrogens with zero attached hydrogens (tertiary/aromatic N) is 5. The summed E-state index contributed by atoms with van der Waals surface area (Å²) < 4.78 is 10.8. The molecule has 1 amide bonds. The fourth-order valence-corrected chi connectivity index (χ4v) is 2.90. The van der Waals surface area contributed by atoms with E-state index in [0.29, 0.717) is 38.1 Å². The van der Waals surface area contributed by atoms with Gasteiger partial charge < -0.3 is 14.1 Å². The first-order valence-electron chi connectivity index (χ1n) is 8.36. The summed E-state index contributed by atoms with van der Waals surface area (Å²) >= 11 is 0. The monoisotopic (exact) mass is 323 g/mol. The van der Waals surface area contributed by atoms with Gasteiger partial charge in [0.15, 0.2) is 0 Å². The molecule has 0 aromatic carbocycles. The number of aromatic nitrogens is 2. The maximum absolute atomic E-state index is 12.3. The molecule has 2 fully saturated rings. The Morgan fingerprint density at radius 3 is 2.30 bits per heavy atom. The van der Waals surface area contributed by atoms with E-state index in [0.717, 1.165) is 45.7 Å². The van der Waals surface area contributed by atoms with Crippen LogP contribution in [0.2, 0.25) is 0 Å². The molecule has 23 heavy (non-hydrogen) atoms. The molecular formula is C15H25N5O3. The van der Waals surface area contributed by atoms with Crippen molar-refractivity contribution in [1.82, 2.24) is 24.9 Å². The highest BCUT2D eigenvalue weighted by atomic mass is 16.5. The standard InChI is InChI=1S/C15H25N5O3/c1-2-13-16-17-14(23-13)11-18-3-5-19(6-4-18)12-15(21)20-7-9-22-10-8-20/h2-12H2,1H3. The highest BCUT2D eigenvalue weighted by molar-refractivity contribution is 5.78. The van der Waals surface area contributed by atoms with Gasteiger partial charge in [0.2, 0.25) is 17.7 Å². The van der Waals surface area contributed by atoms with Gasteiger partial charge in [0.25, 0.3) is 0 Å². The Morgan fingerprint density at radius 2 is 1.65 bits per heavy atom. The van der Waals surface area contributed by atoms with Crippen molar-refractivity contribution in [2.75, 3.05) is 59.0 Å². The minimum atomic E-state index is 0.214. The molecule has 1 aromatic rings. The van der Waals surface area contributed by atoms with E-state index < -0.39 is 0 Å². The van der Waals surface area contributed by atoms with Crippen LogP contribution in [0, 0.1) is 0 Å². The van der Waals surface area contributed by atoms with Gasteiger partial charge in [-0.05, 0) is 0 Å². The molecule has 0 aliphatic carbocycles. The van der Waals surface area contributed by atoms with E-state index in [2.05, 4.69) is 20.0 Å². The van der Waals surface area contributed by atoms with Gasteiger partial charge in [-0.2, -0.15) is 0 Å². The molecule has 0 saturated carbocycles. The van der Waals surface area contributed by atoms with Crippen LogP contribution in [-0.4, -0.2) is 89.8 Å². The average molecular weight is 323 g/mol. The molecule has 2 aliphatic rings. The molecule has 0 unspecified atom stereocenters. The van der Waals surface area contributed by atoms with E-state index in [1.165, 1.54) is 0 Å². The third-order valence-electron chi connectivity index (χ3n) is 4.36. The summed E-state index contributed by atoms with van der Waals surface area (Å²) in [5, 5.41) is 8.06. The molecule has 0 N–H and O–H groups in total. The number of carbonyl (C=O) groups excluding carboxylic acids is 1. The molecule has 2 aliphatic heterocycles. The fraction of sp³-hybridized carbons (Fsp3) is 0.800. The minimum Gasteiger partial charge on any atom is -0.424 e. The topological polar surface area (TPSA) is 74.9 Å². The number of amides is 1. The van der Waals surface area contributed by atoms with Crippen molar-refractivity contribution in [3.05, 3.63) is 11.8 Å². The van der Waals surface area contributed by atoms with Crippen LogP contribution >= 0.6 is 0 Å². The summed E-state index contributed by atoms with van der Waals surface area (Å²) in [4.78, 5) is 18.7. The summed E-state index contributed by atoms with van der Waals surface area (Å²) in [5.74, 6) is 1.58. The Morgan fingerprint density at radius 1 is 1.00 bits per heavy atom. The normalized spacial score (nSPS) is 20.8. The fourth-order valence-electron chi connectivity index (χ4n) is 2.90. The average Bonchev–Trinajstić information content (AvgIpc) is 3.05. The van der Waals surface area contributed by atoms with Gasteiger partial charge >= 0.3 is 0 Å². The second-order valence-corrected chi connectivity index (χ2v) is 5.99. The summed E-state index contributed by atoms with van der Waals surface area (Å²) in [6.07, 6.45) is 0.768. The number of morpholine rings is 1. The van der Waals surface area contributed by atoms with Crippen LogP contribution in [0.4, 0.5) is 0 Å². The van der Waals surface area contributed by atoms with Gasteiger partial charge in [-0.1, -0.05) is 6.92 Å².